The van der Waals surface area contributed by atoms with Crippen LogP contribution < -0.4 is 5.32 Å². The monoisotopic (exact) mass is 284 g/mol. The molecule has 0 saturated carbocycles. The summed E-state index contributed by atoms with van der Waals surface area (Å²) in [7, 11) is 0. The number of anilines is 1. The van der Waals surface area contributed by atoms with E-state index in [4.69, 9.17) is 11.6 Å². The number of nitrogens with zero attached hydrogens (tertiary/aromatic N) is 1. The fourth-order valence-electron chi connectivity index (χ4n) is 1.09. The molecule has 0 aromatic heterocycles. The molecule has 0 saturated heterocycles. The number of carbonyl (C=O) groups excluding carboxylic acids is 2. The third kappa shape index (κ3) is 4.40. The molecule has 1 aromatic carbocycles. The molecule has 0 atom stereocenters. The van der Waals surface area contributed by atoms with Gasteiger partial charge in [0.1, 0.15) is 0 Å². The van der Waals surface area contributed by atoms with Crippen LogP contribution in [0.2, 0.25) is 5.02 Å². The lowest BCUT2D eigenvalue weighted by Gasteiger charge is -2.03. The summed E-state index contributed by atoms with van der Waals surface area (Å²) in [5.41, 5.74) is -0.533. The highest BCUT2D eigenvalue weighted by atomic mass is 35.5. The first kappa shape index (κ1) is 14.7. The van der Waals surface area contributed by atoms with Crippen molar-refractivity contribution in [1.82, 2.24) is 0 Å². The van der Waals surface area contributed by atoms with Crippen molar-refractivity contribution in [2.45, 2.75) is 6.92 Å². The second kappa shape index (κ2) is 6.50. The number of esters is 2. The van der Waals surface area contributed by atoms with E-state index in [9.17, 15) is 19.7 Å². The van der Waals surface area contributed by atoms with Gasteiger partial charge in [0.05, 0.1) is 21.8 Å². The van der Waals surface area contributed by atoms with Gasteiger partial charge in [-0.3, -0.25) is 14.9 Å². The molecule has 0 aliphatic heterocycles. The van der Waals surface area contributed by atoms with Gasteiger partial charge < -0.3 is 10.1 Å². The molecule has 1 rings (SSSR count). The standard InChI is InChI=1S/C11H9ClN2O5/c1-7(15)19-11(16)10(14(17)18)6-13-9-5-3-2-4-8(9)12/h2-6,13H,1H3/b10-6+. The van der Waals surface area contributed by atoms with Crippen LogP contribution in [0.3, 0.4) is 0 Å². The van der Waals surface area contributed by atoms with Crippen LogP contribution in [0.1, 0.15) is 6.92 Å². The Morgan fingerprint density at radius 3 is 2.58 bits per heavy atom. The third-order valence-electron chi connectivity index (χ3n) is 1.88. The topological polar surface area (TPSA) is 98.5 Å². The highest BCUT2D eigenvalue weighted by molar-refractivity contribution is 6.33. The average Bonchev–Trinajstić information content (AvgIpc) is 2.30. The highest BCUT2D eigenvalue weighted by Crippen LogP contribution is 2.20. The molecule has 0 radical (unpaired) electrons. The minimum Gasteiger partial charge on any atom is -0.385 e. The van der Waals surface area contributed by atoms with Crippen LogP contribution >= 0.6 is 11.6 Å². The van der Waals surface area contributed by atoms with E-state index in [0.717, 1.165) is 13.1 Å². The number of hydrogen-bond donors (Lipinski definition) is 1. The molecule has 0 unspecified atom stereocenters. The SMILES string of the molecule is CC(=O)OC(=O)/C(=C\Nc1ccccc1Cl)[N+](=O)[O-]. The Hall–Kier alpha value is -2.41. The van der Waals surface area contributed by atoms with Crippen LogP contribution in [0.15, 0.2) is 36.2 Å². The first-order valence-corrected chi connectivity index (χ1v) is 5.38. The maximum Gasteiger partial charge on any atom is 0.419 e. The zero-order chi connectivity index (χ0) is 14.4. The maximum absolute atomic E-state index is 11.3. The molecule has 1 aromatic rings. The number of ether oxygens (including phenoxy) is 1. The molecule has 1 N–H and O–H groups in total. The highest BCUT2D eigenvalue weighted by Gasteiger charge is 2.25. The summed E-state index contributed by atoms with van der Waals surface area (Å²) >= 11 is 5.82. The Morgan fingerprint density at radius 1 is 1.42 bits per heavy atom. The first-order chi connectivity index (χ1) is 8.91. The molecule has 0 aliphatic rings. The van der Waals surface area contributed by atoms with Crippen molar-refractivity contribution in [3.63, 3.8) is 0 Å². The van der Waals surface area contributed by atoms with E-state index < -0.39 is 22.6 Å². The summed E-state index contributed by atoms with van der Waals surface area (Å²) in [6, 6.07) is 6.46. The van der Waals surface area contributed by atoms with E-state index in [0.29, 0.717) is 10.7 Å². The van der Waals surface area contributed by atoms with Crippen LogP contribution in [0, 0.1) is 10.1 Å². The fraction of sp³-hybridized carbons (Fsp3) is 0.0909. The summed E-state index contributed by atoms with van der Waals surface area (Å²) < 4.78 is 4.13. The summed E-state index contributed by atoms with van der Waals surface area (Å²) in [6.07, 6.45) is 0.812. The second-order valence-electron chi connectivity index (χ2n) is 3.29. The molecular formula is C11H9ClN2O5. The van der Waals surface area contributed by atoms with Gasteiger partial charge in [-0.05, 0) is 12.1 Å². The molecule has 7 nitrogen and oxygen atoms in total. The zero-order valence-corrected chi connectivity index (χ0v) is 10.5. The number of halogens is 1. The van der Waals surface area contributed by atoms with Crippen LogP contribution in [-0.4, -0.2) is 16.9 Å². The average molecular weight is 285 g/mol. The zero-order valence-electron chi connectivity index (χ0n) is 9.75. The summed E-state index contributed by atoms with van der Waals surface area (Å²) in [5.74, 6) is -2.28. The predicted octanol–water partition coefficient (Wildman–Crippen LogP) is 1.96. The van der Waals surface area contributed by atoms with Crippen LogP contribution in [0.4, 0.5) is 5.69 Å². The summed E-state index contributed by atoms with van der Waals surface area (Å²) in [5, 5.41) is 13.5. The third-order valence-corrected chi connectivity index (χ3v) is 2.21. The Kier molecular flexibility index (Phi) is 5.01. The lowest BCUT2D eigenvalue weighted by Crippen LogP contribution is -2.18. The Morgan fingerprint density at radius 2 is 2.05 bits per heavy atom. The van der Waals surface area contributed by atoms with E-state index >= 15 is 0 Å². The summed E-state index contributed by atoms with van der Waals surface area (Å²) in [4.78, 5) is 31.6. The van der Waals surface area contributed by atoms with Crippen molar-refractivity contribution >= 4 is 29.2 Å². The normalized spacial score (nSPS) is 10.7. The molecule has 0 bridgehead atoms. The largest absolute Gasteiger partial charge is 0.419 e. The van der Waals surface area contributed by atoms with Crippen LogP contribution in [-0.2, 0) is 14.3 Å². The smallest absolute Gasteiger partial charge is 0.385 e. The Balaban J connectivity index is 2.91. The lowest BCUT2D eigenvalue weighted by molar-refractivity contribution is -0.421. The van der Waals surface area contributed by atoms with Crippen molar-refractivity contribution in [3.05, 3.63) is 51.3 Å². The van der Waals surface area contributed by atoms with E-state index in [1.165, 1.54) is 0 Å². The number of para-hydroxylation sites is 1. The van der Waals surface area contributed by atoms with E-state index in [-0.39, 0.29) is 0 Å². The molecule has 19 heavy (non-hydrogen) atoms. The Bertz CT molecular complexity index is 556. The number of nitro groups is 1. The molecule has 0 heterocycles. The maximum atomic E-state index is 11.3. The number of carbonyl (C=O) groups is 2. The van der Waals surface area contributed by atoms with Crippen molar-refractivity contribution in [2.24, 2.45) is 0 Å². The fourth-order valence-corrected chi connectivity index (χ4v) is 1.28. The van der Waals surface area contributed by atoms with Crippen molar-refractivity contribution in [3.8, 4) is 0 Å². The second-order valence-corrected chi connectivity index (χ2v) is 3.70. The van der Waals surface area contributed by atoms with Gasteiger partial charge in [0, 0.05) is 6.92 Å². The first-order valence-electron chi connectivity index (χ1n) is 5.00. The van der Waals surface area contributed by atoms with Gasteiger partial charge in [0.25, 0.3) is 0 Å². The van der Waals surface area contributed by atoms with Crippen molar-refractivity contribution in [1.29, 1.82) is 0 Å². The Labute approximate surface area is 113 Å². The van der Waals surface area contributed by atoms with Gasteiger partial charge in [-0.1, -0.05) is 23.7 Å². The quantitative estimate of drug-likeness (QED) is 0.298. The number of nitrogens with one attached hydrogen (secondary N) is 1. The minimum absolute atomic E-state index is 0.321. The summed E-state index contributed by atoms with van der Waals surface area (Å²) in [6.45, 7) is 0.969. The lowest BCUT2D eigenvalue weighted by atomic mass is 10.3. The number of rotatable bonds is 4. The molecule has 0 amide bonds. The van der Waals surface area contributed by atoms with Gasteiger partial charge in [0.15, 0.2) is 0 Å². The molecule has 8 heteroatoms. The van der Waals surface area contributed by atoms with Gasteiger partial charge in [-0.2, -0.15) is 0 Å². The van der Waals surface area contributed by atoms with E-state index in [1.807, 2.05) is 0 Å². The molecule has 0 spiro atoms. The van der Waals surface area contributed by atoms with Crippen LogP contribution in [0.25, 0.3) is 0 Å². The van der Waals surface area contributed by atoms with Gasteiger partial charge in [0.2, 0.25) is 0 Å². The van der Waals surface area contributed by atoms with Gasteiger partial charge in [-0.25, -0.2) is 4.79 Å². The predicted molar refractivity (Wildman–Crippen MR) is 66.9 cm³/mol. The minimum atomic E-state index is -1.35. The van der Waals surface area contributed by atoms with Crippen molar-refractivity contribution < 1.29 is 19.2 Å². The molecule has 0 aliphatic carbocycles. The molecule has 100 valence electrons. The van der Waals surface area contributed by atoms with Gasteiger partial charge in [-0.15, -0.1) is 0 Å². The van der Waals surface area contributed by atoms with E-state index in [2.05, 4.69) is 10.1 Å². The molecule has 0 fully saturated rings. The van der Waals surface area contributed by atoms with Crippen molar-refractivity contribution in [2.75, 3.05) is 5.32 Å². The van der Waals surface area contributed by atoms with E-state index in [1.54, 1.807) is 24.3 Å². The van der Waals surface area contributed by atoms with Gasteiger partial charge >= 0.3 is 17.6 Å². The molecular weight excluding hydrogens is 276 g/mol. The van der Waals surface area contributed by atoms with Crippen LogP contribution in [0.5, 0.6) is 0 Å². The number of benzene rings is 1. The number of hydrogen-bond acceptors (Lipinski definition) is 6.